The molecule has 2 atom stereocenters. The van der Waals surface area contributed by atoms with E-state index >= 15 is 0 Å². The number of hydrogen-bond donors (Lipinski definition) is 1. The molecule has 1 fully saturated rings. The van der Waals surface area contributed by atoms with Crippen molar-refractivity contribution in [1.82, 2.24) is 0 Å². The van der Waals surface area contributed by atoms with Gasteiger partial charge in [-0.1, -0.05) is 6.92 Å². The van der Waals surface area contributed by atoms with Crippen LogP contribution in [0.2, 0.25) is 0 Å². The van der Waals surface area contributed by atoms with Gasteiger partial charge in [0.25, 0.3) is 0 Å². The zero-order valence-corrected chi connectivity index (χ0v) is 8.36. The van der Waals surface area contributed by atoms with Crippen LogP contribution in [0.15, 0.2) is 0 Å². The first-order valence-corrected chi connectivity index (χ1v) is 4.82. The molecule has 0 aliphatic heterocycles. The van der Waals surface area contributed by atoms with Gasteiger partial charge >= 0.3 is 5.97 Å². The van der Waals surface area contributed by atoms with Gasteiger partial charge in [-0.3, -0.25) is 19.2 Å². The second-order valence-corrected chi connectivity index (χ2v) is 3.57. The molecule has 1 N–H and O–H groups in total. The standard InChI is InChI=1S/C10H12O5/c1-2-7(11)5-3-4-6(10(14)15)9(13)8(5)12/h5-6H,2-4H2,1H3,(H,14,15). The Bertz CT molecular complexity index is 331. The summed E-state index contributed by atoms with van der Waals surface area (Å²) in [5, 5.41) is 8.65. The zero-order chi connectivity index (χ0) is 11.6. The summed E-state index contributed by atoms with van der Waals surface area (Å²) in [5.74, 6) is -5.48. The largest absolute Gasteiger partial charge is 0.481 e. The minimum absolute atomic E-state index is 0.0797. The van der Waals surface area contributed by atoms with Gasteiger partial charge in [-0.05, 0) is 12.8 Å². The van der Waals surface area contributed by atoms with Gasteiger partial charge in [0, 0.05) is 6.42 Å². The average molecular weight is 212 g/mol. The average Bonchev–Trinajstić information content (AvgIpc) is 2.20. The number of hydrogen-bond acceptors (Lipinski definition) is 4. The van der Waals surface area contributed by atoms with Crippen LogP contribution in [0, 0.1) is 11.8 Å². The molecule has 0 aromatic rings. The summed E-state index contributed by atoms with van der Waals surface area (Å²) < 4.78 is 0. The van der Waals surface area contributed by atoms with Gasteiger partial charge in [-0.2, -0.15) is 0 Å². The molecule has 15 heavy (non-hydrogen) atoms. The van der Waals surface area contributed by atoms with Crippen molar-refractivity contribution >= 4 is 23.3 Å². The number of carbonyl (C=O) groups is 4. The molecular formula is C10H12O5. The number of carbonyl (C=O) groups excluding carboxylic acids is 3. The lowest BCUT2D eigenvalue weighted by atomic mass is 9.77. The van der Waals surface area contributed by atoms with Gasteiger partial charge in [0.15, 0.2) is 0 Å². The highest BCUT2D eigenvalue weighted by Crippen LogP contribution is 2.25. The van der Waals surface area contributed by atoms with Gasteiger partial charge in [-0.15, -0.1) is 0 Å². The Morgan fingerprint density at radius 1 is 1.20 bits per heavy atom. The molecule has 1 rings (SSSR count). The van der Waals surface area contributed by atoms with E-state index in [1.807, 2.05) is 0 Å². The molecule has 1 saturated carbocycles. The number of Topliss-reactive ketones (excluding diaryl/α,β-unsaturated/α-hetero) is 3. The van der Waals surface area contributed by atoms with E-state index in [-0.39, 0.29) is 25.0 Å². The Balaban J connectivity index is 2.82. The Morgan fingerprint density at radius 2 is 1.67 bits per heavy atom. The second kappa shape index (κ2) is 4.33. The van der Waals surface area contributed by atoms with Gasteiger partial charge in [0.05, 0.1) is 5.92 Å². The molecule has 0 aromatic heterocycles. The van der Waals surface area contributed by atoms with E-state index in [1.165, 1.54) is 0 Å². The molecule has 5 heteroatoms. The lowest BCUT2D eigenvalue weighted by Crippen LogP contribution is -2.42. The van der Waals surface area contributed by atoms with E-state index in [1.54, 1.807) is 6.92 Å². The van der Waals surface area contributed by atoms with Crippen molar-refractivity contribution in [2.75, 3.05) is 0 Å². The monoisotopic (exact) mass is 212 g/mol. The lowest BCUT2D eigenvalue weighted by molar-refractivity contribution is -0.155. The van der Waals surface area contributed by atoms with Gasteiger partial charge in [-0.25, -0.2) is 0 Å². The highest BCUT2D eigenvalue weighted by Gasteiger charge is 2.42. The third-order valence-electron chi connectivity index (χ3n) is 2.66. The number of carboxylic acid groups (broad SMARTS) is 1. The maximum atomic E-state index is 11.4. The van der Waals surface area contributed by atoms with Crippen molar-refractivity contribution in [2.24, 2.45) is 11.8 Å². The molecule has 1 aliphatic rings. The summed E-state index contributed by atoms with van der Waals surface area (Å²) in [6.45, 7) is 1.61. The number of ketones is 3. The van der Waals surface area contributed by atoms with Crippen LogP contribution in [0.1, 0.15) is 26.2 Å². The fourth-order valence-electron chi connectivity index (χ4n) is 1.73. The molecule has 0 bridgehead atoms. The molecule has 0 amide bonds. The maximum Gasteiger partial charge on any atom is 0.314 e. The maximum absolute atomic E-state index is 11.4. The molecule has 82 valence electrons. The van der Waals surface area contributed by atoms with Crippen LogP contribution in [-0.2, 0) is 19.2 Å². The smallest absolute Gasteiger partial charge is 0.314 e. The summed E-state index contributed by atoms with van der Waals surface area (Å²) in [4.78, 5) is 44.6. The van der Waals surface area contributed by atoms with Crippen LogP contribution in [0.3, 0.4) is 0 Å². The van der Waals surface area contributed by atoms with E-state index in [9.17, 15) is 19.2 Å². The molecule has 0 heterocycles. The summed E-state index contributed by atoms with van der Waals surface area (Å²) in [7, 11) is 0. The van der Waals surface area contributed by atoms with Crippen molar-refractivity contribution in [3.63, 3.8) is 0 Å². The second-order valence-electron chi connectivity index (χ2n) is 3.57. The normalized spacial score (nSPS) is 26.5. The Kier molecular flexibility index (Phi) is 3.34. The quantitative estimate of drug-likeness (QED) is 0.533. The number of carboxylic acids is 1. The number of rotatable bonds is 3. The summed E-state index contributed by atoms with van der Waals surface area (Å²) in [5.41, 5.74) is 0. The third kappa shape index (κ3) is 2.11. The fraction of sp³-hybridized carbons (Fsp3) is 0.600. The molecule has 2 unspecified atom stereocenters. The highest BCUT2D eigenvalue weighted by atomic mass is 16.4. The summed E-state index contributed by atoms with van der Waals surface area (Å²) in [6, 6.07) is 0. The summed E-state index contributed by atoms with van der Waals surface area (Å²) >= 11 is 0. The van der Waals surface area contributed by atoms with Crippen molar-refractivity contribution in [3.05, 3.63) is 0 Å². The molecule has 5 nitrogen and oxygen atoms in total. The predicted molar refractivity (Wildman–Crippen MR) is 49.2 cm³/mol. The topological polar surface area (TPSA) is 88.5 Å². The molecule has 0 aromatic carbocycles. The third-order valence-corrected chi connectivity index (χ3v) is 2.66. The molecule has 1 aliphatic carbocycles. The fourth-order valence-corrected chi connectivity index (χ4v) is 1.73. The highest BCUT2D eigenvalue weighted by molar-refractivity contribution is 6.45. The van der Waals surface area contributed by atoms with Gasteiger partial charge < -0.3 is 5.11 Å². The van der Waals surface area contributed by atoms with E-state index in [0.717, 1.165) is 0 Å². The molecule has 0 radical (unpaired) electrons. The number of aliphatic carboxylic acids is 1. The van der Waals surface area contributed by atoms with Gasteiger partial charge in [0.1, 0.15) is 11.7 Å². The van der Waals surface area contributed by atoms with Crippen molar-refractivity contribution < 1.29 is 24.3 Å². The van der Waals surface area contributed by atoms with E-state index < -0.39 is 29.4 Å². The first kappa shape index (κ1) is 11.6. The summed E-state index contributed by atoms with van der Waals surface area (Å²) in [6.07, 6.45) is 0.450. The van der Waals surface area contributed by atoms with Crippen LogP contribution in [-0.4, -0.2) is 28.4 Å². The van der Waals surface area contributed by atoms with Crippen LogP contribution in [0.4, 0.5) is 0 Å². The Labute approximate surface area is 86.5 Å². The van der Waals surface area contributed by atoms with Gasteiger partial charge in [0.2, 0.25) is 11.6 Å². The Morgan fingerprint density at radius 3 is 2.13 bits per heavy atom. The minimum atomic E-state index is -1.28. The Hall–Kier alpha value is -1.52. The van der Waals surface area contributed by atoms with E-state index in [2.05, 4.69) is 0 Å². The lowest BCUT2D eigenvalue weighted by Gasteiger charge is -2.22. The van der Waals surface area contributed by atoms with Crippen molar-refractivity contribution in [3.8, 4) is 0 Å². The minimum Gasteiger partial charge on any atom is -0.481 e. The van der Waals surface area contributed by atoms with Crippen molar-refractivity contribution in [2.45, 2.75) is 26.2 Å². The van der Waals surface area contributed by atoms with Crippen LogP contribution >= 0.6 is 0 Å². The predicted octanol–water partition coefficient (Wildman–Crippen LogP) is 0.214. The first-order valence-electron chi connectivity index (χ1n) is 4.82. The van der Waals surface area contributed by atoms with E-state index in [4.69, 9.17) is 5.11 Å². The zero-order valence-electron chi connectivity index (χ0n) is 8.36. The van der Waals surface area contributed by atoms with Crippen LogP contribution < -0.4 is 0 Å². The first-order chi connectivity index (χ1) is 6.99. The van der Waals surface area contributed by atoms with Crippen LogP contribution in [0.5, 0.6) is 0 Å². The van der Waals surface area contributed by atoms with E-state index in [0.29, 0.717) is 0 Å². The van der Waals surface area contributed by atoms with Crippen LogP contribution in [0.25, 0.3) is 0 Å². The molecule has 0 spiro atoms. The molecule has 0 saturated heterocycles. The molecular weight excluding hydrogens is 200 g/mol. The SMILES string of the molecule is CCC(=O)C1CCC(C(=O)O)C(=O)C1=O. The van der Waals surface area contributed by atoms with Crippen molar-refractivity contribution in [1.29, 1.82) is 0 Å².